The van der Waals surface area contributed by atoms with Crippen LogP contribution in [0, 0.1) is 29.1 Å². The van der Waals surface area contributed by atoms with Crippen molar-refractivity contribution < 1.29 is 9.47 Å². The molecule has 6 rings (SSSR count). The van der Waals surface area contributed by atoms with E-state index in [1.54, 1.807) is 0 Å². The first kappa shape index (κ1) is 17.7. The van der Waals surface area contributed by atoms with Gasteiger partial charge in [0.25, 0.3) is 0 Å². The molecule has 1 aromatic carbocycles. The zero-order valence-corrected chi connectivity index (χ0v) is 16.8. The Bertz CT molecular complexity index is 660. The van der Waals surface area contributed by atoms with E-state index in [0.717, 1.165) is 36.5 Å². The van der Waals surface area contributed by atoms with E-state index in [1.165, 1.54) is 44.1 Å². The van der Waals surface area contributed by atoms with Gasteiger partial charge in [-0.15, -0.1) is 0 Å². The summed E-state index contributed by atoms with van der Waals surface area (Å²) in [5, 5.41) is 0. The van der Waals surface area contributed by atoms with Crippen molar-refractivity contribution in [2.75, 3.05) is 6.61 Å². The first-order valence-electron chi connectivity index (χ1n) is 11.0. The van der Waals surface area contributed by atoms with Gasteiger partial charge in [-0.05, 0) is 105 Å². The highest BCUT2D eigenvalue weighted by Crippen LogP contribution is 2.60. The molecule has 3 heteroatoms. The highest BCUT2D eigenvalue weighted by Gasteiger charge is 2.51. The zero-order chi connectivity index (χ0) is 18.4. The molecule has 1 aromatic rings. The Balaban J connectivity index is 1.15. The zero-order valence-electron chi connectivity index (χ0n) is 16.8. The summed E-state index contributed by atoms with van der Waals surface area (Å²) in [6.45, 7) is 5.18. The van der Waals surface area contributed by atoms with Gasteiger partial charge in [0.05, 0.1) is 12.6 Å². The van der Waals surface area contributed by atoms with Crippen LogP contribution in [0.5, 0.6) is 5.75 Å². The molecule has 1 heterocycles. The number of hydrogen-bond donors (Lipinski definition) is 0. The Labute approximate surface area is 163 Å². The van der Waals surface area contributed by atoms with Crippen LogP contribution in [0.3, 0.4) is 0 Å². The highest BCUT2D eigenvalue weighted by molar-refractivity contribution is 5.61. The van der Waals surface area contributed by atoms with Crippen LogP contribution < -0.4 is 4.74 Å². The van der Waals surface area contributed by atoms with E-state index in [0.29, 0.717) is 17.4 Å². The summed E-state index contributed by atoms with van der Waals surface area (Å²) < 4.78 is 12.3. The Morgan fingerprint density at radius 3 is 2.22 bits per heavy atom. The minimum Gasteiger partial charge on any atom is -0.465 e. The molecule has 3 nitrogen and oxygen atoms in total. The second-order valence-corrected chi connectivity index (χ2v) is 9.97. The lowest BCUT2D eigenvalue weighted by atomic mass is 9.50. The second-order valence-electron chi connectivity index (χ2n) is 9.97. The van der Waals surface area contributed by atoms with E-state index in [2.05, 4.69) is 42.4 Å². The fourth-order valence-electron chi connectivity index (χ4n) is 6.76. The Morgan fingerprint density at radius 2 is 1.67 bits per heavy atom. The second kappa shape index (κ2) is 6.92. The number of benzene rings is 1. The van der Waals surface area contributed by atoms with Gasteiger partial charge in [0.15, 0.2) is 6.29 Å². The van der Waals surface area contributed by atoms with E-state index in [-0.39, 0.29) is 6.29 Å². The summed E-state index contributed by atoms with van der Waals surface area (Å²) >= 11 is 0. The van der Waals surface area contributed by atoms with Crippen LogP contribution in [0.4, 0.5) is 0 Å². The molecule has 4 bridgehead atoms. The molecule has 1 aliphatic heterocycles. The summed E-state index contributed by atoms with van der Waals surface area (Å²) in [5.74, 6) is 4.42. The molecule has 27 heavy (non-hydrogen) atoms. The lowest BCUT2D eigenvalue weighted by Crippen LogP contribution is -2.48. The van der Waals surface area contributed by atoms with Crippen LogP contribution in [0.1, 0.15) is 70.4 Å². The minimum atomic E-state index is -0.188. The van der Waals surface area contributed by atoms with E-state index in [1.807, 2.05) is 6.92 Å². The molecule has 0 spiro atoms. The summed E-state index contributed by atoms with van der Waals surface area (Å²) in [4.78, 5) is 4.61. The third-order valence-corrected chi connectivity index (χ3v) is 7.60. The highest BCUT2D eigenvalue weighted by atomic mass is 16.7. The van der Waals surface area contributed by atoms with Crippen molar-refractivity contribution in [3.05, 3.63) is 29.8 Å². The summed E-state index contributed by atoms with van der Waals surface area (Å²) in [5.41, 5.74) is 1.73. The molecule has 0 saturated heterocycles. The van der Waals surface area contributed by atoms with Gasteiger partial charge < -0.3 is 9.47 Å². The topological polar surface area (TPSA) is 30.8 Å². The molecule has 3 atom stereocenters. The fraction of sp³-hybridized carbons (Fsp3) is 0.708. The molecule has 3 unspecified atom stereocenters. The van der Waals surface area contributed by atoms with Crippen LogP contribution in [-0.2, 0) is 4.74 Å². The predicted molar refractivity (Wildman–Crippen MR) is 108 cm³/mol. The first-order chi connectivity index (χ1) is 13.1. The average Bonchev–Trinajstić information content (AvgIpc) is 3.06. The molecule has 4 fully saturated rings. The quantitative estimate of drug-likeness (QED) is 0.595. The molecule has 5 aliphatic rings. The van der Waals surface area contributed by atoms with Crippen LogP contribution in [0.15, 0.2) is 29.3 Å². The lowest BCUT2D eigenvalue weighted by Gasteiger charge is -2.56. The van der Waals surface area contributed by atoms with Gasteiger partial charge in [0.2, 0.25) is 0 Å². The largest absolute Gasteiger partial charge is 0.465 e. The Kier molecular flexibility index (Phi) is 4.54. The molecule has 4 aliphatic carbocycles. The monoisotopic (exact) mass is 367 g/mol. The van der Waals surface area contributed by atoms with Crippen molar-refractivity contribution in [3.8, 4) is 5.75 Å². The third kappa shape index (κ3) is 3.55. The number of aliphatic imine (C=N–C) groups is 1. The maximum Gasteiger partial charge on any atom is 0.196 e. The molecule has 4 saturated carbocycles. The van der Waals surface area contributed by atoms with E-state index in [9.17, 15) is 0 Å². The molecular formula is C24H33NO2. The number of rotatable bonds is 6. The fourth-order valence-corrected chi connectivity index (χ4v) is 6.76. The van der Waals surface area contributed by atoms with E-state index >= 15 is 0 Å². The van der Waals surface area contributed by atoms with Gasteiger partial charge in [-0.1, -0.05) is 19.1 Å². The Hall–Kier alpha value is -1.35. The van der Waals surface area contributed by atoms with E-state index < -0.39 is 0 Å². The van der Waals surface area contributed by atoms with Crippen molar-refractivity contribution >= 4 is 6.21 Å². The maximum absolute atomic E-state index is 6.23. The number of nitrogens with zero attached hydrogens (tertiary/aromatic N) is 1. The molecule has 0 aromatic heterocycles. The van der Waals surface area contributed by atoms with Gasteiger partial charge >= 0.3 is 0 Å². The molecule has 0 N–H and O–H groups in total. The Morgan fingerprint density at radius 1 is 1.04 bits per heavy atom. The van der Waals surface area contributed by atoms with Gasteiger partial charge in [-0.25, -0.2) is 0 Å². The SMILES string of the molecule is CC(OCC12CC3CC(CC(C3)C1)C2)Oc1ccc(C2N=CCC2C)cc1. The van der Waals surface area contributed by atoms with Crippen LogP contribution >= 0.6 is 0 Å². The molecule has 0 radical (unpaired) electrons. The number of hydrogen-bond acceptors (Lipinski definition) is 3. The van der Waals surface area contributed by atoms with Gasteiger partial charge in [-0.3, -0.25) is 4.99 Å². The maximum atomic E-state index is 6.23. The summed E-state index contributed by atoms with van der Waals surface area (Å²) in [6, 6.07) is 8.76. The molecular weight excluding hydrogens is 334 g/mol. The summed E-state index contributed by atoms with van der Waals surface area (Å²) in [6.07, 6.45) is 11.6. The minimum absolute atomic E-state index is 0.188. The standard InChI is InChI=1S/C24H33NO2/c1-16-7-8-25-23(16)21-3-5-22(6-4-21)27-17(2)26-15-24-12-18-9-19(13-24)11-20(10-18)14-24/h3-6,8,16-20,23H,7,9-15H2,1-2H3. The van der Waals surface area contributed by atoms with Gasteiger partial charge in [0.1, 0.15) is 5.75 Å². The van der Waals surface area contributed by atoms with Crippen LogP contribution in [-0.4, -0.2) is 19.1 Å². The van der Waals surface area contributed by atoms with Crippen molar-refractivity contribution in [1.82, 2.24) is 0 Å². The van der Waals surface area contributed by atoms with Crippen molar-refractivity contribution in [2.45, 2.75) is 71.1 Å². The predicted octanol–water partition coefficient (Wildman–Crippen LogP) is 5.80. The smallest absolute Gasteiger partial charge is 0.196 e. The van der Waals surface area contributed by atoms with Gasteiger partial charge in [-0.2, -0.15) is 0 Å². The van der Waals surface area contributed by atoms with E-state index in [4.69, 9.17) is 9.47 Å². The lowest BCUT2D eigenvalue weighted by molar-refractivity contribution is -0.146. The van der Waals surface area contributed by atoms with Crippen molar-refractivity contribution in [3.63, 3.8) is 0 Å². The van der Waals surface area contributed by atoms with Crippen LogP contribution in [0.2, 0.25) is 0 Å². The first-order valence-corrected chi connectivity index (χ1v) is 11.0. The number of ether oxygens (including phenoxy) is 2. The normalized spacial score (nSPS) is 40.4. The molecule has 0 amide bonds. The third-order valence-electron chi connectivity index (χ3n) is 7.60. The van der Waals surface area contributed by atoms with Crippen molar-refractivity contribution in [1.29, 1.82) is 0 Å². The van der Waals surface area contributed by atoms with Crippen molar-refractivity contribution in [2.24, 2.45) is 34.1 Å². The van der Waals surface area contributed by atoms with Crippen LogP contribution in [0.25, 0.3) is 0 Å². The average molecular weight is 368 g/mol. The summed E-state index contributed by atoms with van der Waals surface area (Å²) in [7, 11) is 0. The van der Waals surface area contributed by atoms with Gasteiger partial charge in [0, 0.05) is 0 Å². The molecule has 146 valence electrons.